The molecule has 2 N–H and O–H groups in total. The molecule has 1 aromatic heterocycles. The lowest BCUT2D eigenvalue weighted by Crippen LogP contribution is -2.36. The predicted molar refractivity (Wildman–Crippen MR) is 130 cm³/mol. The van der Waals surface area contributed by atoms with Crippen LogP contribution in [0.3, 0.4) is 0 Å². The second-order valence-electron chi connectivity index (χ2n) is 7.92. The zero-order chi connectivity index (χ0) is 27.5. The lowest BCUT2D eigenvalue weighted by Gasteiger charge is -2.25. The third kappa shape index (κ3) is 8.00. The summed E-state index contributed by atoms with van der Waals surface area (Å²) in [5.74, 6) is -0.713. The van der Waals surface area contributed by atoms with Crippen LogP contribution in [0.4, 0.5) is 25.1 Å². The van der Waals surface area contributed by atoms with Gasteiger partial charge in [-0.25, -0.2) is 19.2 Å². The fourth-order valence-electron chi connectivity index (χ4n) is 3.40. The molecule has 1 aliphatic rings. The number of halogens is 5. The fraction of sp³-hybridized carbons (Fsp3) is 0.450. The second kappa shape index (κ2) is 12.2. The number of ether oxygens (including phenoxy) is 2. The molecule has 0 radical (unpaired) electrons. The van der Waals surface area contributed by atoms with Crippen molar-refractivity contribution in [3.05, 3.63) is 43.9 Å². The Bertz CT molecular complexity index is 1230. The van der Waals surface area contributed by atoms with E-state index < -0.39 is 50.9 Å². The highest BCUT2D eigenvalue weighted by molar-refractivity contribution is 7.46. The summed E-state index contributed by atoms with van der Waals surface area (Å²) < 4.78 is 51.2. The van der Waals surface area contributed by atoms with Crippen LogP contribution >= 0.6 is 42.6 Å². The number of aromatic nitrogens is 2. The first-order chi connectivity index (χ1) is 17.3. The van der Waals surface area contributed by atoms with E-state index in [0.29, 0.717) is 4.90 Å². The summed E-state index contributed by atoms with van der Waals surface area (Å²) in [7, 11) is -4.72. The number of carbonyl (C=O) groups is 1. The van der Waals surface area contributed by atoms with Gasteiger partial charge in [0.25, 0.3) is 5.56 Å². The van der Waals surface area contributed by atoms with Gasteiger partial charge in [-0.3, -0.25) is 9.32 Å². The monoisotopic (exact) mass is 605 g/mol. The standard InChI is InChI=1S/C20H21Cl3F2N3O8P/c1-10(11-3-4-11)27-9-15(23)26-17(18(27)29)28(20(30)34-5-2-6-35-37(31,32)33)16-13(21)7-12(8-14(16)22)36-19(24)25/h7-11,19H,2-6H2,1H3,(H2,31,32,33)/t10-/m0/s1. The number of amides is 1. The molecule has 1 aliphatic carbocycles. The van der Waals surface area contributed by atoms with Gasteiger partial charge in [0, 0.05) is 30.8 Å². The molecule has 2 aromatic rings. The number of nitrogens with zero attached hydrogens (tertiary/aromatic N) is 3. The third-order valence-electron chi connectivity index (χ3n) is 5.23. The molecule has 1 heterocycles. The molecule has 0 saturated heterocycles. The van der Waals surface area contributed by atoms with Crippen molar-refractivity contribution in [2.45, 2.75) is 38.8 Å². The topological polar surface area (TPSA) is 140 Å². The highest BCUT2D eigenvalue weighted by Gasteiger charge is 2.34. The maximum Gasteiger partial charge on any atom is 0.469 e. The van der Waals surface area contributed by atoms with Crippen molar-refractivity contribution in [2.75, 3.05) is 18.1 Å². The molecule has 17 heteroatoms. The quantitative estimate of drug-likeness (QED) is 0.249. The maximum absolute atomic E-state index is 13.4. The number of phosphoric ester groups is 1. The Kier molecular flexibility index (Phi) is 9.79. The first-order valence-corrected chi connectivity index (χ1v) is 13.3. The first kappa shape index (κ1) is 29.6. The van der Waals surface area contributed by atoms with E-state index in [1.807, 2.05) is 0 Å². The Labute approximate surface area is 224 Å². The summed E-state index contributed by atoms with van der Waals surface area (Å²) in [5, 5.41) is -0.847. The minimum atomic E-state index is -4.72. The van der Waals surface area contributed by atoms with Crippen molar-refractivity contribution < 1.29 is 41.9 Å². The van der Waals surface area contributed by atoms with Crippen molar-refractivity contribution >= 4 is 60.2 Å². The van der Waals surface area contributed by atoms with Gasteiger partial charge in [0.2, 0.25) is 5.82 Å². The molecule has 1 aromatic carbocycles. The van der Waals surface area contributed by atoms with Crippen LogP contribution in [-0.2, 0) is 13.8 Å². The summed E-state index contributed by atoms with van der Waals surface area (Å²) in [6.45, 7) is -2.22. The number of hydrogen-bond acceptors (Lipinski definition) is 7. The van der Waals surface area contributed by atoms with E-state index in [2.05, 4.69) is 14.2 Å². The summed E-state index contributed by atoms with van der Waals surface area (Å²) in [4.78, 5) is 48.7. The molecule has 0 unspecified atom stereocenters. The van der Waals surface area contributed by atoms with Gasteiger partial charge in [0.1, 0.15) is 10.9 Å². The fourth-order valence-corrected chi connectivity index (χ4v) is 4.59. The molecule has 1 atom stereocenters. The highest BCUT2D eigenvalue weighted by atomic mass is 35.5. The molecule has 1 fully saturated rings. The predicted octanol–water partition coefficient (Wildman–Crippen LogP) is 5.55. The minimum absolute atomic E-state index is 0.126. The van der Waals surface area contributed by atoms with Crippen molar-refractivity contribution in [1.82, 2.24) is 9.55 Å². The van der Waals surface area contributed by atoms with Crippen molar-refractivity contribution in [2.24, 2.45) is 5.92 Å². The molecular weight excluding hydrogens is 586 g/mol. The van der Waals surface area contributed by atoms with E-state index in [0.717, 1.165) is 25.0 Å². The number of rotatable bonds is 11. The van der Waals surface area contributed by atoms with Crippen LogP contribution in [0.15, 0.2) is 23.1 Å². The third-order valence-corrected chi connectivity index (χ3v) is 6.51. The SMILES string of the molecule is C[C@@H](C1CC1)n1cc(Cl)nc(N(C(=O)OCCCOP(=O)(O)O)c2c(Cl)cc(OC(F)F)cc2Cl)c1=O. The van der Waals surface area contributed by atoms with Gasteiger partial charge in [0.05, 0.1) is 28.9 Å². The summed E-state index contributed by atoms with van der Waals surface area (Å²) in [6, 6.07) is 1.64. The minimum Gasteiger partial charge on any atom is -0.449 e. The van der Waals surface area contributed by atoms with E-state index in [9.17, 15) is 22.9 Å². The Hall–Kier alpha value is -1.99. The Morgan fingerprint density at radius 3 is 2.41 bits per heavy atom. The largest absolute Gasteiger partial charge is 0.469 e. The van der Waals surface area contributed by atoms with Gasteiger partial charge in [-0.1, -0.05) is 34.8 Å². The highest BCUT2D eigenvalue weighted by Crippen LogP contribution is 2.42. The molecule has 204 valence electrons. The van der Waals surface area contributed by atoms with E-state index >= 15 is 0 Å². The Balaban J connectivity index is 2.02. The normalized spacial score (nSPS) is 14.5. The van der Waals surface area contributed by atoms with Gasteiger partial charge in [0.15, 0.2) is 0 Å². The molecular formula is C20H21Cl3F2N3O8P. The molecule has 0 spiro atoms. The summed E-state index contributed by atoms with van der Waals surface area (Å²) >= 11 is 18.7. The number of anilines is 2. The number of benzene rings is 1. The number of phosphoric acid groups is 1. The van der Waals surface area contributed by atoms with E-state index in [4.69, 9.17) is 49.3 Å². The van der Waals surface area contributed by atoms with Crippen LogP contribution in [0.5, 0.6) is 5.75 Å². The van der Waals surface area contributed by atoms with Crippen molar-refractivity contribution in [1.29, 1.82) is 0 Å². The smallest absolute Gasteiger partial charge is 0.449 e. The molecule has 0 aliphatic heterocycles. The molecule has 0 bridgehead atoms. The van der Waals surface area contributed by atoms with Crippen LogP contribution in [0.2, 0.25) is 15.2 Å². The van der Waals surface area contributed by atoms with E-state index in [1.54, 1.807) is 6.92 Å². The van der Waals surface area contributed by atoms with Gasteiger partial charge >= 0.3 is 20.5 Å². The van der Waals surface area contributed by atoms with Crippen LogP contribution < -0.4 is 15.2 Å². The number of carbonyl (C=O) groups excluding carboxylic acids is 1. The maximum atomic E-state index is 13.4. The Morgan fingerprint density at radius 1 is 1.24 bits per heavy atom. The summed E-state index contributed by atoms with van der Waals surface area (Å²) in [5.41, 5.74) is -1.05. The van der Waals surface area contributed by atoms with Gasteiger partial charge < -0.3 is 23.8 Å². The second-order valence-corrected chi connectivity index (χ2v) is 10.4. The van der Waals surface area contributed by atoms with Crippen molar-refractivity contribution in [3.8, 4) is 5.75 Å². The molecule has 11 nitrogen and oxygen atoms in total. The van der Waals surface area contributed by atoms with Crippen LogP contribution in [0, 0.1) is 5.92 Å². The van der Waals surface area contributed by atoms with Gasteiger partial charge in [-0.2, -0.15) is 8.78 Å². The van der Waals surface area contributed by atoms with Gasteiger partial charge in [-0.15, -0.1) is 0 Å². The average molecular weight is 607 g/mol. The molecule has 37 heavy (non-hydrogen) atoms. The lowest BCUT2D eigenvalue weighted by molar-refractivity contribution is -0.0498. The van der Waals surface area contributed by atoms with E-state index in [1.165, 1.54) is 10.8 Å². The molecule has 1 amide bonds. The van der Waals surface area contributed by atoms with E-state index in [-0.39, 0.29) is 39.3 Å². The first-order valence-electron chi connectivity index (χ1n) is 10.7. The lowest BCUT2D eigenvalue weighted by atomic mass is 10.2. The molecule has 1 saturated carbocycles. The summed E-state index contributed by atoms with van der Waals surface area (Å²) in [6.07, 6.45) is 1.78. The van der Waals surface area contributed by atoms with Crippen LogP contribution in [0.25, 0.3) is 0 Å². The number of hydrogen-bond donors (Lipinski definition) is 2. The zero-order valence-corrected chi connectivity index (χ0v) is 22.2. The number of alkyl halides is 2. The van der Waals surface area contributed by atoms with Crippen LogP contribution in [-0.4, -0.2) is 45.3 Å². The van der Waals surface area contributed by atoms with Gasteiger partial charge in [-0.05, 0) is 25.7 Å². The van der Waals surface area contributed by atoms with Crippen molar-refractivity contribution in [3.63, 3.8) is 0 Å². The average Bonchev–Trinajstić information content (AvgIpc) is 3.61. The van der Waals surface area contributed by atoms with Crippen LogP contribution in [0.1, 0.15) is 32.2 Å². The zero-order valence-electron chi connectivity index (χ0n) is 19.0. The molecule has 3 rings (SSSR count). The Morgan fingerprint density at radius 2 is 1.86 bits per heavy atom.